The Bertz CT molecular complexity index is 1570. The highest BCUT2D eigenvalue weighted by molar-refractivity contribution is 6.03. The molecule has 6 nitrogen and oxygen atoms in total. The molecule has 3 aromatic carbocycles. The summed E-state index contributed by atoms with van der Waals surface area (Å²) in [5.41, 5.74) is -2.86. The van der Waals surface area contributed by atoms with Gasteiger partial charge < -0.3 is 15.1 Å². The molecule has 2 heterocycles. The van der Waals surface area contributed by atoms with Crippen molar-refractivity contribution in [1.82, 2.24) is 15.1 Å². The van der Waals surface area contributed by atoms with Gasteiger partial charge >= 0.3 is 12.4 Å². The molecule has 3 aromatic rings. The third kappa shape index (κ3) is 6.75. The van der Waals surface area contributed by atoms with E-state index in [1.807, 2.05) is 6.92 Å². The van der Waals surface area contributed by atoms with Gasteiger partial charge in [0.05, 0.1) is 23.1 Å². The molecule has 2 aliphatic heterocycles. The number of fused-ring (bicyclic) bond motifs is 1. The lowest BCUT2D eigenvalue weighted by Gasteiger charge is -2.45. The smallest absolute Gasteiger partial charge is 0.351 e. The fourth-order valence-corrected chi connectivity index (χ4v) is 6.27. The average Bonchev–Trinajstić information content (AvgIpc) is 3.02. The van der Waals surface area contributed by atoms with Crippen molar-refractivity contribution in [3.8, 4) is 0 Å². The predicted octanol–water partition coefficient (Wildman–Crippen LogP) is 6.97. The van der Waals surface area contributed by atoms with E-state index in [4.69, 9.17) is 0 Å². The van der Waals surface area contributed by atoms with Crippen molar-refractivity contribution >= 4 is 17.7 Å². The summed E-state index contributed by atoms with van der Waals surface area (Å²) < 4.78 is 84.3. The number of carbonyl (C=O) groups excluding carboxylic acids is 3. The molecule has 0 saturated carbocycles. The van der Waals surface area contributed by atoms with E-state index in [0.717, 1.165) is 4.90 Å². The molecular formula is C34H33F6N3O3. The zero-order valence-electron chi connectivity index (χ0n) is 25.2. The quantitative estimate of drug-likeness (QED) is 0.295. The minimum atomic E-state index is -5.17. The van der Waals surface area contributed by atoms with E-state index in [1.54, 1.807) is 41.3 Å². The number of halogens is 6. The van der Waals surface area contributed by atoms with Gasteiger partial charge in [-0.3, -0.25) is 14.4 Å². The second-order valence-corrected chi connectivity index (χ2v) is 11.9. The molecule has 0 bridgehead atoms. The molecule has 1 saturated heterocycles. The lowest BCUT2D eigenvalue weighted by Crippen LogP contribution is -2.56. The summed E-state index contributed by atoms with van der Waals surface area (Å²) >= 11 is 0. The molecule has 1 N–H and O–H groups in total. The lowest BCUT2D eigenvalue weighted by molar-refractivity contribution is -0.143. The van der Waals surface area contributed by atoms with Crippen LogP contribution >= 0.6 is 0 Å². The standard InChI is InChI=1S/C34H33F6N3O3/c1-20-12-14-42(15-13-20)31(45)21(2)43-29(23-16-24(33(35,36)37)18-25(17-23)34(38,39)40)28(26-10-6-7-11-27(26)32(43)46)30(44)41-19-22-8-4-3-5-9-22/h3-11,16-18,20-21,28-29H,12-15,19H2,1-2H3,(H,41,44). The van der Waals surface area contributed by atoms with E-state index in [2.05, 4.69) is 5.32 Å². The van der Waals surface area contributed by atoms with Crippen molar-refractivity contribution < 1.29 is 40.7 Å². The molecule has 0 aliphatic carbocycles. The van der Waals surface area contributed by atoms with Crippen LogP contribution in [0, 0.1) is 5.92 Å². The van der Waals surface area contributed by atoms with Crippen LogP contribution < -0.4 is 5.32 Å². The summed E-state index contributed by atoms with van der Waals surface area (Å²) in [5.74, 6) is -3.09. The number of rotatable bonds is 6. The molecular weight excluding hydrogens is 612 g/mol. The zero-order valence-corrected chi connectivity index (χ0v) is 25.2. The van der Waals surface area contributed by atoms with Crippen molar-refractivity contribution in [3.05, 3.63) is 106 Å². The first kappa shape index (κ1) is 33.0. The molecule has 2 aliphatic rings. The highest BCUT2D eigenvalue weighted by atomic mass is 19.4. The van der Waals surface area contributed by atoms with Crippen LogP contribution in [0.1, 0.15) is 76.8 Å². The van der Waals surface area contributed by atoms with Gasteiger partial charge in [-0.05, 0) is 66.6 Å². The van der Waals surface area contributed by atoms with Crippen LogP contribution in [0.4, 0.5) is 26.3 Å². The normalized spacial score (nSPS) is 19.9. The molecule has 1 fully saturated rings. The fraction of sp³-hybridized carbons (Fsp3) is 0.382. The Kier molecular flexibility index (Phi) is 9.19. The number of benzene rings is 3. The number of likely N-dealkylation sites (tertiary alicyclic amines) is 1. The number of piperidine rings is 1. The zero-order chi connectivity index (χ0) is 33.4. The monoisotopic (exact) mass is 645 g/mol. The Morgan fingerprint density at radius 2 is 1.43 bits per heavy atom. The van der Waals surface area contributed by atoms with Crippen LogP contribution in [-0.4, -0.2) is 46.7 Å². The first-order valence-electron chi connectivity index (χ1n) is 15.0. The van der Waals surface area contributed by atoms with Crippen molar-refractivity contribution in [1.29, 1.82) is 0 Å². The third-order valence-corrected chi connectivity index (χ3v) is 8.79. The van der Waals surface area contributed by atoms with E-state index in [9.17, 15) is 40.7 Å². The predicted molar refractivity (Wildman–Crippen MR) is 157 cm³/mol. The highest BCUT2D eigenvalue weighted by Gasteiger charge is 2.49. The van der Waals surface area contributed by atoms with E-state index in [0.29, 0.717) is 49.5 Å². The van der Waals surface area contributed by atoms with Crippen molar-refractivity contribution in [3.63, 3.8) is 0 Å². The highest BCUT2D eigenvalue weighted by Crippen LogP contribution is 2.47. The Morgan fingerprint density at radius 1 is 0.870 bits per heavy atom. The van der Waals surface area contributed by atoms with Crippen LogP contribution in [0.5, 0.6) is 0 Å². The summed E-state index contributed by atoms with van der Waals surface area (Å²) in [6.07, 6.45) is -8.94. The molecule has 3 atom stereocenters. The molecule has 0 aromatic heterocycles. The Balaban J connectivity index is 1.69. The second kappa shape index (κ2) is 12.8. The molecule has 12 heteroatoms. The fourth-order valence-electron chi connectivity index (χ4n) is 6.27. The second-order valence-electron chi connectivity index (χ2n) is 11.9. The molecule has 3 unspecified atom stereocenters. The first-order chi connectivity index (χ1) is 21.7. The van der Waals surface area contributed by atoms with Crippen LogP contribution in [0.25, 0.3) is 0 Å². The number of nitrogens with zero attached hydrogens (tertiary/aromatic N) is 2. The van der Waals surface area contributed by atoms with Crippen LogP contribution in [-0.2, 0) is 28.5 Å². The largest absolute Gasteiger partial charge is 0.416 e. The summed E-state index contributed by atoms with van der Waals surface area (Å²) in [5, 5.41) is 2.75. The minimum Gasteiger partial charge on any atom is -0.351 e. The van der Waals surface area contributed by atoms with Crippen molar-refractivity contribution in [2.24, 2.45) is 5.92 Å². The topological polar surface area (TPSA) is 69.7 Å². The minimum absolute atomic E-state index is 0.000391. The molecule has 5 rings (SSSR count). The maximum Gasteiger partial charge on any atom is 0.416 e. The number of nitrogens with one attached hydrogen (secondary N) is 1. The molecule has 3 amide bonds. The molecule has 244 valence electrons. The van der Waals surface area contributed by atoms with E-state index in [1.165, 1.54) is 25.1 Å². The van der Waals surface area contributed by atoms with Crippen molar-refractivity contribution in [2.75, 3.05) is 13.1 Å². The van der Waals surface area contributed by atoms with Gasteiger partial charge in [0, 0.05) is 25.2 Å². The number of hydrogen-bond donors (Lipinski definition) is 1. The first-order valence-corrected chi connectivity index (χ1v) is 15.0. The maximum absolute atomic E-state index is 14.2. The molecule has 46 heavy (non-hydrogen) atoms. The summed E-state index contributed by atoms with van der Waals surface area (Å²) in [7, 11) is 0. The van der Waals surface area contributed by atoms with Crippen LogP contribution in [0.3, 0.4) is 0 Å². The number of amides is 3. The summed E-state index contributed by atoms with van der Waals surface area (Å²) in [6, 6.07) is 12.8. The van der Waals surface area contributed by atoms with Gasteiger partial charge in [0.1, 0.15) is 6.04 Å². The third-order valence-electron chi connectivity index (χ3n) is 8.79. The van der Waals surface area contributed by atoms with Gasteiger partial charge in [-0.1, -0.05) is 55.5 Å². The van der Waals surface area contributed by atoms with Gasteiger partial charge in [0.25, 0.3) is 5.91 Å². The van der Waals surface area contributed by atoms with Gasteiger partial charge in [-0.2, -0.15) is 26.3 Å². The van der Waals surface area contributed by atoms with Gasteiger partial charge in [-0.15, -0.1) is 0 Å². The van der Waals surface area contributed by atoms with E-state index in [-0.39, 0.29) is 23.7 Å². The van der Waals surface area contributed by atoms with Crippen molar-refractivity contribution in [2.45, 2.75) is 63.6 Å². The van der Waals surface area contributed by atoms with Gasteiger partial charge in [0.15, 0.2) is 0 Å². The lowest BCUT2D eigenvalue weighted by atomic mass is 9.77. The van der Waals surface area contributed by atoms with E-state index >= 15 is 0 Å². The number of alkyl halides is 6. The maximum atomic E-state index is 14.2. The molecule has 0 spiro atoms. The summed E-state index contributed by atoms with van der Waals surface area (Å²) in [4.78, 5) is 44.6. The van der Waals surface area contributed by atoms with Gasteiger partial charge in [0.2, 0.25) is 11.8 Å². The average molecular weight is 646 g/mol. The number of carbonyl (C=O) groups is 3. The van der Waals surface area contributed by atoms with E-state index < -0.39 is 64.8 Å². The Morgan fingerprint density at radius 3 is 2.02 bits per heavy atom. The van der Waals surface area contributed by atoms with Crippen LogP contribution in [0.2, 0.25) is 0 Å². The SMILES string of the molecule is CC1CCN(C(=O)C(C)N2C(=O)c3ccccc3C(C(=O)NCc3ccccc3)C2c2cc(C(F)(F)F)cc(C(F)(F)F)c2)CC1. The Hall–Kier alpha value is -4.35. The molecule has 0 radical (unpaired) electrons. The Labute approximate surface area is 262 Å². The van der Waals surface area contributed by atoms with Gasteiger partial charge in [-0.25, -0.2) is 0 Å². The van der Waals surface area contributed by atoms with Crippen LogP contribution in [0.15, 0.2) is 72.8 Å². The number of hydrogen-bond acceptors (Lipinski definition) is 3. The summed E-state index contributed by atoms with van der Waals surface area (Å²) in [6.45, 7) is 4.22.